The smallest absolute Gasteiger partial charge is 0.0738 e. The Kier molecular flexibility index (Phi) is 5.15. The Hall–Kier alpha value is -0.000000000000000111. The third-order valence-corrected chi connectivity index (χ3v) is 5.72. The number of aliphatic hydroxyl groups excluding tert-OH is 1. The molecule has 1 saturated heterocycles. The van der Waals surface area contributed by atoms with Gasteiger partial charge in [0.25, 0.3) is 0 Å². The SMILES string of the molecule is Cc1nn(C)c(CC(O)CC2CCSCC2)c1Br. The van der Waals surface area contributed by atoms with E-state index in [1.54, 1.807) is 0 Å². The van der Waals surface area contributed by atoms with Crippen molar-refractivity contribution in [1.82, 2.24) is 9.78 Å². The van der Waals surface area contributed by atoms with Crippen LogP contribution in [0.1, 0.15) is 30.7 Å². The van der Waals surface area contributed by atoms with Crippen molar-refractivity contribution in [2.24, 2.45) is 13.0 Å². The maximum absolute atomic E-state index is 10.2. The van der Waals surface area contributed by atoms with E-state index in [9.17, 15) is 5.11 Å². The Balaban J connectivity index is 1.91. The zero-order valence-electron chi connectivity index (χ0n) is 11.0. The molecule has 0 radical (unpaired) electrons. The summed E-state index contributed by atoms with van der Waals surface area (Å²) in [6.07, 6.45) is 3.89. The van der Waals surface area contributed by atoms with Crippen LogP contribution in [0.3, 0.4) is 0 Å². The van der Waals surface area contributed by atoms with Crippen molar-refractivity contribution in [1.29, 1.82) is 0 Å². The van der Waals surface area contributed by atoms with Crippen LogP contribution in [0.4, 0.5) is 0 Å². The lowest BCUT2D eigenvalue weighted by atomic mass is 9.94. The van der Waals surface area contributed by atoms with E-state index in [0.717, 1.165) is 22.3 Å². The van der Waals surface area contributed by atoms with Crippen LogP contribution >= 0.6 is 27.7 Å². The first kappa shape index (κ1) is 14.4. The van der Waals surface area contributed by atoms with Crippen LogP contribution < -0.4 is 0 Å². The molecule has 3 nitrogen and oxygen atoms in total. The van der Waals surface area contributed by atoms with E-state index in [1.807, 2.05) is 30.4 Å². The van der Waals surface area contributed by atoms with Gasteiger partial charge in [0, 0.05) is 13.5 Å². The highest BCUT2D eigenvalue weighted by Gasteiger charge is 2.20. The second-order valence-electron chi connectivity index (χ2n) is 5.12. The fourth-order valence-corrected chi connectivity index (χ4v) is 4.28. The molecule has 0 aromatic carbocycles. The molecular formula is C13H21BrN2OS. The van der Waals surface area contributed by atoms with Crippen LogP contribution in [0, 0.1) is 12.8 Å². The summed E-state index contributed by atoms with van der Waals surface area (Å²) in [6, 6.07) is 0. The number of nitrogens with zero attached hydrogens (tertiary/aromatic N) is 2. The Labute approximate surface area is 121 Å². The van der Waals surface area contributed by atoms with Gasteiger partial charge in [0.2, 0.25) is 0 Å². The summed E-state index contributed by atoms with van der Waals surface area (Å²) in [5, 5.41) is 14.6. The van der Waals surface area contributed by atoms with E-state index in [0.29, 0.717) is 12.3 Å². The molecule has 1 atom stereocenters. The van der Waals surface area contributed by atoms with Crippen molar-refractivity contribution >= 4 is 27.7 Å². The Morgan fingerprint density at radius 1 is 1.50 bits per heavy atom. The minimum atomic E-state index is -0.246. The Bertz CT molecular complexity index is 402. The standard InChI is InChI=1S/C13H21BrN2OS/c1-9-13(14)12(16(2)15-9)8-11(17)7-10-3-5-18-6-4-10/h10-11,17H,3-8H2,1-2H3. The maximum Gasteiger partial charge on any atom is 0.0738 e. The third kappa shape index (κ3) is 3.52. The van der Waals surface area contributed by atoms with Crippen molar-refractivity contribution in [3.8, 4) is 0 Å². The van der Waals surface area contributed by atoms with E-state index >= 15 is 0 Å². The molecule has 1 aliphatic rings. The summed E-state index contributed by atoms with van der Waals surface area (Å²) in [5.74, 6) is 3.21. The molecule has 5 heteroatoms. The number of hydrogen-bond donors (Lipinski definition) is 1. The minimum Gasteiger partial charge on any atom is -0.393 e. The van der Waals surface area contributed by atoms with Gasteiger partial charge in [0.15, 0.2) is 0 Å². The van der Waals surface area contributed by atoms with Crippen LogP contribution in [0.5, 0.6) is 0 Å². The molecule has 0 spiro atoms. The van der Waals surface area contributed by atoms with Crippen LogP contribution in [0.15, 0.2) is 4.47 Å². The van der Waals surface area contributed by atoms with E-state index in [1.165, 1.54) is 24.3 Å². The molecule has 1 aromatic rings. The molecular weight excluding hydrogens is 312 g/mol. The highest BCUT2D eigenvalue weighted by molar-refractivity contribution is 9.10. The molecule has 2 heterocycles. The van der Waals surface area contributed by atoms with Gasteiger partial charge >= 0.3 is 0 Å². The summed E-state index contributed by atoms with van der Waals surface area (Å²) < 4.78 is 2.92. The molecule has 2 rings (SSSR count). The molecule has 18 heavy (non-hydrogen) atoms. The van der Waals surface area contributed by atoms with E-state index < -0.39 is 0 Å². The van der Waals surface area contributed by atoms with Gasteiger partial charge in [-0.3, -0.25) is 4.68 Å². The first-order valence-corrected chi connectivity index (χ1v) is 8.46. The largest absolute Gasteiger partial charge is 0.393 e. The van der Waals surface area contributed by atoms with Crippen molar-refractivity contribution < 1.29 is 5.11 Å². The first-order chi connectivity index (χ1) is 8.58. The summed E-state index contributed by atoms with van der Waals surface area (Å²) >= 11 is 5.59. The molecule has 0 saturated carbocycles. The lowest BCUT2D eigenvalue weighted by Gasteiger charge is -2.23. The molecule has 1 N–H and O–H groups in total. The Morgan fingerprint density at radius 3 is 2.72 bits per heavy atom. The number of aliphatic hydroxyl groups is 1. The second-order valence-corrected chi connectivity index (χ2v) is 7.14. The lowest BCUT2D eigenvalue weighted by molar-refractivity contribution is 0.137. The van der Waals surface area contributed by atoms with Crippen molar-refractivity contribution in [3.63, 3.8) is 0 Å². The fraction of sp³-hybridized carbons (Fsp3) is 0.769. The van der Waals surface area contributed by atoms with Crippen LogP contribution in [0.25, 0.3) is 0 Å². The fourth-order valence-electron chi connectivity index (χ4n) is 2.58. The number of aromatic nitrogens is 2. The summed E-state index contributed by atoms with van der Waals surface area (Å²) in [6.45, 7) is 1.98. The highest BCUT2D eigenvalue weighted by atomic mass is 79.9. The average Bonchev–Trinajstić information content (AvgIpc) is 2.57. The van der Waals surface area contributed by atoms with E-state index in [4.69, 9.17) is 0 Å². The van der Waals surface area contributed by atoms with Gasteiger partial charge in [-0.2, -0.15) is 16.9 Å². The lowest BCUT2D eigenvalue weighted by Crippen LogP contribution is -2.20. The predicted molar refractivity (Wildman–Crippen MR) is 80.0 cm³/mol. The van der Waals surface area contributed by atoms with E-state index in [2.05, 4.69) is 21.0 Å². The van der Waals surface area contributed by atoms with Crippen LogP contribution in [-0.2, 0) is 13.5 Å². The quantitative estimate of drug-likeness (QED) is 0.921. The maximum atomic E-state index is 10.2. The molecule has 0 bridgehead atoms. The average molecular weight is 333 g/mol. The monoisotopic (exact) mass is 332 g/mol. The number of thioether (sulfide) groups is 1. The number of halogens is 1. The molecule has 1 fully saturated rings. The minimum absolute atomic E-state index is 0.246. The summed E-state index contributed by atoms with van der Waals surface area (Å²) in [5.41, 5.74) is 2.10. The third-order valence-electron chi connectivity index (χ3n) is 3.64. The number of rotatable bonds is 4. The van der Waals surface area contributed by atoms with Gasteiger partial charge in [-0.15, -0.1) is 0 Å². The van der Waals surface area contributed by atoms with Gasteiger partial charge < -0.3 is 5.11 Å². The first-order valence-electron chi connectivity index (χ1n) is 6.51. The normalized spacial score (nSPS) is 19.1. The summed E-state index contributed by atoms with van der Waals surface area (Å²) in [7, 11) is 1.94. The molecule has 0 aliphatic carbocycles. The molecule has 0 amide bonds. The van der Waals surface area contributed by atoms with Gasteiger partial charge in [0.05, 0.1) is 22.0 Å². The van der Waals surface area contributed by atoms with E-state index in [-0.39, 0.29) is 6.10 Å². The molecule has 102 valence electrons. The van der Waals surface area contributed by atoms with Crippen molar-refractivity contribution in [2.45, 2.75) is 38.7 Å². The number of aryl methyl sites for hydroxylation is 2. The molecule has 1 unspecified atom stereocenters. The van der Waals surface area contributed by atoms with Crippen molar-refractivity contribution in [3.05, 3.63) is 15.9 Å². The topological polar surface area (TPSA) is 38.0 Å². The summed E-state index contributed by atoms with van der Waals surface area (Å²) in [4.78, 5) is 0. The highest BCUT2D eigenvalue weighted by Crippen LogP contribution is 2.28. The van der Waals surface area contributed by atoms with Gasteiger partial charge in [0.1, 0.15) is 0 Å². The zero-order chi connectivity index (χ0) is 13.1. The van der Waals surface area contributed by atoms with Crippen molar-refractivity contribution in [2.75, 3.05) is 11.5 Å². The van der Waals surface area contributed by atoms with Gasteiger partial charge in [-0.05, 0) is 59.5 Å². The van der Waals surface area contributed by atoms with Gasteiger partial charge in [-0.1, -0.05) is 0 Å². The Morgan fingerprint density at radius 2 is 2.17 bits per heavy atom. The van der Waals surface area contributed by atoms with Crippen LogP contribution in [0.2, 0.25) is 0 Å². The zero-order valence-corrected chi connectivity index (χ0v) is 13.4. The second kappa shape index (κ2) is 6.44. The van der Waals surface area contributed by atoms with Gasteiger partial charge in [-0.25, -0.2) is 0 Å². The molecule has 1 aliphatic heterocycles. The van der Waals surface area contributed by atoms with Crippen LogP contribution in [-0.4, -0.2) is 32.5 Å². The predicted octanol–water partition coefficient (Wildman–Crippen LogP) is 2.93. The number of hydrogen-bond acceptors (Lipinski definition) is 3. The molecule has 1 aromatic heterocycles.